The van der Waals surface area contributed by atoms with E-state index in [1.165, 1.54) is 17.8 Å². The maximum atomic E-state index is 12.5. The zero-order valence-corrected chi connectivity index (χ0v) is 12.6. The molecule has 0 unspecified atom stereocenters. The van der Waals surface area contributed by atoms with Gasteiger partial charge in [0.1, 0.15) is 9.71 Å². The van der Waals surface area contributed by atoms with Gasteiger partial charge in [0.05, 0.1) is 5.69 Å². The number of nitrogens with one attached hydrogen (secondary N) is 1. The van der Waals surface area contributed by atoms with Crippen molar-refractivity contribution in [2.24, 2.45) is 0 Å². The summed E-state index contributed by atoms with van der Waals surface area (Å²) in [5.74, 6) is -0.0496. The Balaban J connectivity index is 1.96. The fourth-order valence-corrected chi connectivity index (χ4v) is 3.88. The van der Waals surface area contributed by atoms with E-state index >= 15 is 0 Å². The van der Waals surface area contributed by atoms with Crippen molar-refractivity contribution in [2.45, 2.75) is 45.1 Å². The molecule has 20 heavy (non-hydrogen) atoms. The van der Waals surface area contributed by atoms with Crippen LogP contribution in [0.4, 0.5) is 5.69 Å². The van der Waals surface area contributed by atoms with Gasteiger partial charge in [-0.05, 0) is 44.2 Å². The van der Waals surface area contributed by atoms with Crippen molar-refractivity contribution in [1.82, 2.24) is 10.3 Å². The summed E-state index contributed by atoms with van der Waals surface area (Å²) in [6.07, 6.45) is 6.06. The standard InChI is InChI=1S/C15H19N3OS/c1-3-15(6-4-7-15)18-13(19)12-11(16)10-9(2)5-8-17-14(10)20-12/h5,8H,3-4,6-7,16H2,1-2H3,(H,18,19). The van der Waals surface area contributed by atoms with Crippen LogP contribution in [0.2, 0.25) is 0 Å². The van der Waals surface area contributed by atoms with Gasteiger partial charge in [0.25, 0.3) is 5.91 Å². The van der Waals surface area contributed by atoms with E-state index in [2.05, 4.69) is 17.2 Å². The SMILES string of the molecule is CCC1(NC(=O)c2sc3nccc(C)c3c2N)CCC1. The van der Waals surface area contributed by atoms with Gasteiger partial charge in [-0.1, -0.05) is 6.92 Å². The van der Waals surface area contributed by atoms with E-state index in [9.17, 15) is 4.79 Å². The predicted octanol–water partition coefficient (Wildman–Crippen LogP) is 3.25. The summed E-state index contributed by atoms with van der Waals surface area (Å²) in [6, 6.07) is 1.92. The van der Waals surface area contributed by atoms with Crippen molar-refractivity contribution in [3.8, 4) is 0 Å². The maximum Gasteiger partial charge on any atom is 0.264 e. The molecule has 3 N–H and O–H groups in total. The van der Waals surface area contributed by atoms with E-state index in [1.54, 1.807) is 6.20 Å². The Bertz CT molecular complexity index is 668. The minimum absolute atomic E-state index is 0.0117. The van der Waals surface area contributed by atoms with Gasteiger partial charge in [-0.15, -0.1) is 11.3 Å². The number of anilines is 1. The van der Waals surface area contributed by atoms with Crippen LogP contribution in [0, 0.1) is 6.92 Å². The molecular formula is C15H19N3OS. The lowest BCUT2D eigenvalue weighted by molar-refractivity contribution is 0.0825. The Hall–Kier alpha value is -1.62. The molecule has 3 rings (SSSR count). The molecule has 106 valence electrons. The zero-order chi connectivity index (χ0) is 14.3. The first-order valence-electron chi connectivity index (χ1n) is 7.02. The third-order valence-electron chi connectivity index (χ3n) is 4.41. The average Bonchev–Trinajstić information content (AvgIpc) is 2.72. The van der Waals surface area contributed by atoms with Gasteiger partial charge in [0, 0.05) is 17.1 Å². The lowest BCUT2D eigenvalue weighted by Crippen LogP contribution is -2.52. The van der Waals surface area contributed by atoms with Crippen LogP contribution in [0.5, 0.6) is 0 Å². The van der Waals surface area contributed by atoms with Crippen LogP contribution in [0.3, 0.4) is 0 Å². The molecule has 0 atom stereocenters. The third kappa shape index (κ3) is 1.97. The second kappa shape index (κ2) is 4.74. The van der Waals surface area contributed by atoms with E-state index < -0.39 is 0 Å². The molecule has 0 spiro atoms. The Kier molecular flexibility index (Phi) is 3.17. The van der Waals surface area contributed by atoms with E-state index in [0.717, 1.165) is 35.0 Å². The largest absolute Gasteiger partial charge is 0.397 e. The van der Waals surface area contributed by atoms with Crippen LogP contribution >= 0.6 is 11.3 Å². The number of rotatable bonds is 3. The number of nitrogens with two attached hydrogens (primary N) is 1. The van der Waals surface area contributed by atoms with Gasteiger partial charge >= 0.3 is 0 Å². The van der Waals surface area contributed by atoms with Gasteiger partial charge in [-0.2, -0.15) is 0 Å². The number of pyridine rings is 1. The molecule has 4 nitrogen and oxygen atoms in total. The molecule has 1 aliphatic rings. The zero-order valence-electron chi connectivity index (χ0n) is 11.8. The van der Waals surface area contributed by atoms with Crippen molar-refractivity contribution in [1.29, 1.82) is 0 Å². The molecule has 2 aromatic heterocycles. The second-order valence-electron chi connectivity index (χ2n) is 5.59. The number of amides is 1. The molecule has 1 fully saturated rings. The molecule has 2 heterocycles. The van der Waals surface area contributed by atoms with Gasteiger partial charge in [-0.25, -0.2) is 4.98 Å². The van der Waals surface area contributed by atoms with Crippen LogP contribution in [-0.2, 0) is 0 Å². The Morgan fingerprint density at radius 2 is 2.30 bits per heavy atom. The molecule has 0 aromatic carbocycles. The number of nitrogens with zero attached hydrogens (tertiary/aromatic N) is 1. The number of carbonyl (C=O) groups is 1. The van der Waals surface area contributed by atoms with Gasteiger partial charge in [0.2, 0.25) is 0 Å². The van der Waals surface area contributed by atoms with Crippen molar-refractivity contribution in [3.63, 3.8) is 0 Å². The number of aryl methyl sites for hydroxylation is 1. The topological polar surface area (TPSA) is 68.0 Å². The fourth-order valence-electron chi connectivity index (χ4n) is 2.84. The molecule has 1 aliphatic carbocycles. The highest BCUT2D eigenvalue weighted by molar-refractivity contribution is 7.21. The quantitative estimate of drug-likeness (QED) is 0.911. The Morgan fingerprint density at radius 3 is 2.85 bits per heavy atom. The van der Waals surface area contributed by atoms with E-state index in [1.807, 2.05) is 13.0 Å². The van der Waals surface area contributed by atoms with E-state index in [-0.39, 0.29) is 11.4 Å². The van der Waals surface area contributed by atoms with Crippen LogP contribution < -0.4 is 11.1 Å². The number of aromatic nitrogens is 1. The number of carbonyl (C=O) groups excluding carboxylic acids is 1. The summed E-state index contributed by atoms with van der Waals surface area (Å²) in [5, 5.41) is 4.10. The fraction of sp³-hybridized carbons (Fsp3) is 0.467. The summed E-state index contributed by atoms with van der Waals surface area (Å²) in [5.41, 5.74) is 7.79. The normalized spacial score (nSPS) is 16.9. The number of nitrogen functional groups attached to an aromatic ring is 1. The summed E-state index contributed by atoms with van der Waals surface area (Å²) >= 11 is 1.38. The lowest BCUT2D eigenvalue weighted by Gasteiger charge is -2.41. The smallest absolute Gasteiger partial charge is 0.264 e. The molecule has 0 aliphatic heterocycles. The second-order valence-corrected chi connectivity index (χ2v) is 6.59. The Labute approximate surface area is 122 Å². The predicted molar refractivity (Wildman–Crippen MR) is 83.1 cm³/mol. The number of hydrogen-bond acceptors (Lipinski definition) is 4. The molecule has 2 aromatic rings. The van der Waals surface area contributed by atoms with Crippen LogP contribution in [0.1, 0.15) is 47.8 Å². The summed E-state index contributed by atoms with van der Waals surface area (Å²) in [6.45, 7) is 4.12. The average molecular weight is 289 g/mol. The molecule has 1 saturated carbocycles. The first-order chi connectivity index (χ1) is 9.56. The van der Waals surface area contributed by atoms with Crippen LogP contribution in [0.15, 0.2) is 12.3 Å². The highest BCUT2D eigenvalue weighted by Gasteiger charge is 2.37. The minimum atomic E-state index is -0.0496. The lowest BCUT2D eigenvalue weighted by atomic mass is 9.75. The van der Waals surface area contributed by atoms with Gasteiger partial charge < -0.3 is 11.1 Å². The van der Waals surface area contributed by atoms with Crippen LogP contribution in [0.25, 0.3) is 10.2 Å². The highest BCUT2D eigenvalue weighted by Crippen LogP contribution is 2.37. The van der Waals surface area contributed by atoms with Crippen molar-refractivity contribution < 1.29 is 4.79 Å². The number of hydrogen-bond donors (Lipinski definition) is 2. The summed E-state index contributed by atoms with van der Waals surface area (Å²) < 4.78 is 0. The van der Waals surface area contributed by atoms with E-state index in [0.29, 0.717) is 10.6 Å². The molecule has 0 saturated heterocycles. The monoisotopic (exact) mass is 289 g/mol. The molecular weight excluding hydrogens is 270 g/mol. The summed E-state index contributed by atoms with van der Waals surface area (Å²) in [4.78, 5) is 18.3. The van der Waals surface area contributed by atoms with Gasteiger partial charge in [0.15, 0.2) is 0 Å². The Morgan fingerprint density at radius 1 is 1.55 bits per heavy atom. The molecule has 0 bridgehead atoms. The van der Waals surface area contributed by atoms with Crippen molar-refractivity contribution in [2.75, 3.05) is 5.73 Å². The molecule has 0 radical (unpaired) electrons. The maximum absolute atomic E-state index is 12.5. The summed E-state index contributed by atoms with van der Waals surface area (Å²) in [7, 11) is 0. The number of fused-ring (bicyclic) bond motifs is 1. The first-order valence-corrected chi connectivity index (χ1v) is 7.84. The first kappa shape index (κ1) is 13.4. The third-order valence-corrected chi connectivity index (χ3v) is 5.52. The van der Waals surface area contributed by atoms with Crippen molar-refractivity contribution >= 4 is 33.1 Å². The molecule has 5 heteroatoms. The van der Waals surface area contributed by atoms with Crippen LogP contribution in [-0.4, -0.2) is 16.4 Å². The van der Waals surface area contributed by atoms with Gasteiger partial charge in [-0.3, -0.25) is 4.79 Å². The highest BCUT2D eigenvalue weighted by atomic mass is 32.1. The minimum Gasteiger partial charge on any atom is -0.397 e. The van der Waals surface area contributed by atoms with E-state index in [4.69, 9.17) is 5.73 Å². The number of thiophene rings is 1. The van der Waals surface area contributed by atoms with Crippen molar-refractivity contribution in [3.05, 3.63) is 22.7 Å². The molecule has 1 amide bonds.